The molecule has 0 aliphatic carbocycles. The minimum absolute atomic E-state index is 1.14. The lowest BCUT2D eigenvalue weighted by atomic mass is 10.1. The number of benzene rings is 1. The summed E-state index contributed by atoms with van der Waals surface area (Å²) in [6.07, 6.45) is 2.76. The van der Waals surface area contributed by atoms with Gasteiger partial charge >= 0.3 is 11.9 Å². The van der Waals surface area contributed by atoms with Crippen molar-refractivity contribution in [3.05, 3.63) is 35.4 Å². The molecule has 1 heterocycles. The van der Waals surface area contributed by atoms with Gasteiger partial charge in [0.05, 0.1) is 0 Å². The Balaban J connectivity index is 0.000000258. The Labute approximate surface area is 112 Å². The number of carbonyl (C=O) groups is 2. The van der Waals surface area contributed by atoms with Crippen molar-refractivity contribution in [2.24, 2.45) is 0 Å². The van der Waals surface area contributed by atoms with Crippen LogP contribution in [0.4, 0.5) is 0 Å². The second-order valence-electron chi connectivity index (χ2n) is 4.58. The zero-order valence-electron chi connectivity index (χ0n) is 11.0. The zero-order valence-corrected chi connectivity index (χ0v) is 11.0. The predicted molar refractivity (Wildman–Crippen MR) is 71.0 cm³/mol. The van der Waals surface area contributed by atoms with Gasteiger partial charge in [-0.3, -0.25) is 4.90 Å². The van der Waals surface area contributed by atoms with Gasteiger partial charge in [0.15, 0.2) is 0 Å². The highest BCUT2D eigenvalue weighted by atomic mass is 16.4. The Morgan fingerprint density at radius 2 is 1.53 bits per heavy atom. The third kappa shape index (κ3) is 6.01. The first kappa shape index (κ1) is 15.2. The summed E-state index contributed by atoms with van der Waals surface area (Å²) in [6, 6.07) is 8.89. The van der Waals surface area contributed by atoms with Crippen LogP contribution < -0.4 is 0 Å². The third-order valence-electron chi connectivity index (χ3n) is 2.91. The highest BCUT2D eigenvalue weighted by Gasteiger charge is 2.10. The lowest BCUT2D eigenvalue weighted by Crippen LogP contribution is -2.18. The maximum atomic E-state index is 9.10. The van der Waals surface area contributed by atoms with Gasteiger partial charge in [0.2, 0.25) is 0 Å². The second kappa shape index (κ2) is 7.53. The molecule has 1 fully saturated rings. The number of rotatable bonds is 2. The number of aryl methyl sites for hydroxylation is 1. The Morgan fingerprint density at radius 3 is 1.95 bits per heavy atom. The summed E-state index contributed by atoms with van der Waals surface area (Å²) in [6.45, 7) is 5.85. The second-order valence-corrected chi connectivity index (χ2v) is 4.58. The van der Waals surface area contributed by atoms with E-state index in [1.807, 2.05) is 0 Å². The Kier molecular flexibility index (Phi) is 6.02. The summed E-state index contributed by atoms with van der Waals surface area (Å²) in [5.41, 5.74) is 2.80. The van der Waals surface area contributed by atoms with Gasteiger partial charge in [-0.05, 0) is 38.4 Å². The van der Waals surface area contributed by atoms with Crippen LogP contribution in [0.2, 0.25) is 0 Å². The molecule has 0 spiro atoms. The fraction of sp³-hybridized carbons (Fsp3) is 0.429. The van der Waals surface area contributed by atoms with Gasteiger partial charge in [-0.25, -0.2) is 9.59 Å². The zero-order chi connectivity index (χ0) is 14.3. The lowest BCUT2D eigenvalue weighted by Gasteiger charge is -2.14. The molecule has 2 rings (SSSR count). The molecular weight excluding hydrogens is 246 g/mol. The van der Waals surface area contributed by atoms with Crippen molar-refractivity contribution in [3.63, 3.8) is 0 Å². The van der Waals surface area contributed by atoms with Crippen LogP contribution in [0.3, 0.4) is 0 Å². The van der Waals surface area contributed by atoms with Crippen LogP contribution in [0.25, 0.3) is 0 Å². The Morgan fingerprint density at radius 1 is 1.05 bits per heavy atom. The number of hydrogen-bond donors (Lipinski definition) is 2. The summed E-state index contributed by atoms with van der Waals surface area (Å²) >= 11 is 0. The predicted octanol–water partition coefficient (Wildman–Crippen LogP) is 1.75. The first-order valence-electron chi connectivity index (χ1n) is 6.23. The molecule has 0 atom stereocenters. The fourth-order valence-corrected chi connectivity index (χ4v) is 1.89. The summed E-state index contributed by atoms with van der Waals surface area (Å²) in [5.74, 6) is -3.65. The maximum absolute atomic E-state index is 9.10. The minimum atomic E-state index is -1.82. The number of carboxylic acid groups (broad SMARTS) is 2. The van der Waals surface area contributed by atoms with Crippen molar-refractivity contribution < 1.29 is 19.8 Å². The Bertz CT molecular complexity index is 410. The minimum Gasteiger partial charge on any atom is -0.473 e. The standard InChI is InChI=1S/C12H17N.C2H2O4/c1-11-4-6-12(7-5-11)10-13-8-2-3-9-13;3-1(4)2(5)6/h4-7H,2-3,8-10H2,1H3;(H,3,4)(H,5,6). The lowest BCUT2D eigenvalue weighted by molar-refractivity contribution is -0.159. The molecule has 0 radical (unpaired) electrons. The van der Waals surface area contributed by atoms with Crippen molar-refractivity contribution in [2.75, 3.05) is 13.1 Å². The average molecular weight is 265 g/mol. The first-order chi connectivity index (χ1) is 8.99. The van der Waals surface area contributed by atoms with E-state index in [0.29, 0.717) is 0 Å². The molecule has 0 aromatic heterocycles. The molecule has 0 bridgehead atoms. The number of likely N-dealkylation sites (tertiary alicyclic amines) is 1. The van der Waals surface area contributed by atoms with E-state index in [2.05, 4.69) is 36.1 Å². The average Bonchev–Trinajstić information content (AvgIpc) is 2.85. The van der Waals surface area contributed by atoms with E-state index in [9.17, 15) is 0 Å². The highest BCUT2D eigenvalue weighted by molar-refractivity contribution is 6.27. The fourth-order valence-electron chi connectivity index (χ4n) is 1.89. The highest BCUT2D eigenvalue weighted by Crippen LogP contribution is 2.12. The molecule has 19 heavy (non-hydrogen) atoms. The van der Waals surface area contributed by atoms with Crippen molar-refractivity contribution >= 4 is 11.9 Å². The molecule has 104 valence electrons. The van der Waals surface area contributed by atoms with E-state index < -0.39 is 11.9 Å². The molecule has 1 aliphatic heterocycles. The normalized spacial score (nSPS) is 14.6. The van der Waals surface area contributed by atoms with Crippen molar-refractivity contribution in [3.8, 4) is 0 Å². The van der Waals surface area contributed by atoms with E-state index in [1.54, 1.807) is 0 Å². The van der Waals surface area contributed by atoms with Gasteiger partial charge in [0, 0.05) is 6.54 Å². The molecule has 1 aromatic carbocycles. The number of nitrogens with zero attached hydrogens (tertiary/aromatic N) is 1. The molecular formula is C14H19NO4. The van der Waals surface area contributed by atoms with Crippen LogP contribution in [-0.4, -0.2) is 40.1 Å². The number of hydrogen-bond acceptors (Lipinski definition) is 3. The van der Waals surface area contributed by atoms with Crippen LogP contribution in [0.15, 0.2) is 24.3 Å². The van der Waals surface area contributed by atoms with Gasteiger partial charge in [0.25, 0.3) is 0 Å². The van der Waals surface area contributed by atoms with Gasteiger partial charge in [-0.2, -0.15) is 0 Å². The third-order valence-corrected chi connectivity index (χ3v) is 2.91. The van der Waals surface area contributed by atoms with Gasteiger partial charge < -0.3 is 10.2 Å². The summed E-state index contributed by atoms with van der Waals surface area (Å²) in [5, 5.41) is 14.8. The van der Waals surface area contributed by atoms with Gasteiger partial charge in [-0.1, -0.05) is 29.8 Å². The van der Waals surface area contributed by atoms with Gasteiger partial charge in [-0.15, -0.1) is 0 Å². The molecule has 5 heteroatoms. The SMILES string of the molecule is Cc1ccc(CN2CCCC2)cc1.O=C(O)C(=O)O. The summed E-state index contributed by atoms with van der Waals surface area (Å²) < 4.78 is 0. The molecule has 5 nitrogen and oxygen atoms in total. The van der Waals surface area contributed by atoms with Crippen LogP contribution in [0.1, 0.15) is 24.0 Å². The molecule has 0 saturated carbocycles. The van der Waals surface area contributed by atoms with Gasteiger partial charge in [0.1, 0.15) is 0 Å². The molecule has 0 amide bonds. The van der Waals surface area contributed by atoms with E-state index in [-0.39, 0.29) is 0 Å². The topological polar surface area (TPSA) is 77.8 Å². The molecule has 1 aliphatic rings. The van der Waals surface area contributed by atoms with Crippen LogP contribution in [0, 0.1) is 6.92 Å². The molecule has 2 N–H and O–H groups in total. The first-order valence-corrected chi connectivity index (χ1v) is 6.23. The van der Waals surface area contributed by atoms with Crippen LogP contribution in [0.5, 0.6) is 0 Å². The molecule has 1 saturated heterocycles. The maximum Gasteiger partial charge on any atom is 0.414 e. The smallest absolute Gasteiger partial charge is 0.414 e. The van der Waals surface area contributed by atoms with E-state index in [4.69, 9.17) is 19.8 Å². The van der Waals surface area contributed by atoms with Crippen molar-refractivity contribution in [1.29, 1.82) is 0 Å². The molecule has 1 aromatic rings. The number of carboxylic acids is 2. The summed E-state index contributed by atoms with van der Waals surface area (Å²) in [4.78, 5) is 20.7. The quantitative estimate of drug-likeness (QED) is 0.796. The van der Waals surface area contributed by atoms with E-state index in [1.165, 1.54) is 37.1 Å². The largest absolute Gasteiger partial charge is 0.473 e. The van der Waals surface area contributed by atoms with Crippen molar-refractivity contribution in [1.82, 2.24) is 4.90 Å². The monoisotopic (exact) mass is 265 g/mol. The summed E-state index contributed by atoms with van der Waals surface area (Å²) in [7, 11) is 0. The van der Waals surface area contributed by atoms with Crippen molar-refractivity contribution in [2.45, 2.75) is 26.3 Å². The molecule has 0 unspecified atom stereocenters. The van der Waals surface area contributed by atoms with E-state index >= 15 is 0 Å². The number of aliphatic carboxylic acids is 2. The van der Waals surface area contributed by atoms with E-state index in [0.717, 1.165) is 6.54 Å². The van der Waals surface area contributed by atoms with Crippen LogP contribution >= 0.6 is 0 Å². The van der Waals surface area contributed by atoms with Crippen LogP contribution in [-0.2, 0) is 16.1 Å². The Hall–Kier alpha value is -1.88.